The number of H-pyrrole nitrogens is 1. The molecule has 0 unspecified atom stereocenters. The number of imidazole rings is 1. The predicted octanol–water partition coefficient (Wildman–Crippen LogP) is 3.39. The largest absolute Gasteiger partial charge is 0.416 e. The maximum atomic E-state index is 13.0. The van der Waals surface area contributed by atoms with E-state index in [-0.39, 0.29) is 19.2 Å². The number of carbonyl (C=O) groups is 1. The molecule has 0 aliphatic carbocycles. The number of aliphatic hydroxyl groups is 1. The van der Waals surface area contributed by atoms with E-state index in [1.54, 1.807) is 6.92 Å². The summed E-state index contributed by atoms with van der Waals surface area (Å²) in [5.41, 5.74) is -3.52. The summed E-state index contributed by atoms with van der Waals surface area (Å²) in [5.74, 6) is -0.562. The van der Waals surface area contributed by atoms with Crippen molar-refractivity contribution >= 4 is 5.91 Å². The van der Waals surface area contributed by atoms with Crippen LogP contribution in [0, 0.1) is 6.92 Å². The van der Waals surface area contributed by atoms with Gasteiger partial charge in [-0.15, -0.1) is 0 Å². The van der Waals surface area contributed by atoms with Crippen molar-refractivity contribution in [3.8, 4) is 0 Å². The first-order valence-corrected chi connectivity index (χ1v) is 7.62. The van der Waals surface area contributed by atoms with Crippen LogP contribution in [0.25, 0.3) is 0 Å². The Labute approximate surface area is 149 Å². The van der Waals surface area contributed by atoms with Gasteiger partial charge in [0.2, 0.25) is 0 Å². The van der Waals surface area contributed by atoms with Crippen LogP contribution in [0.5, 0.6) is 0 Å². The third-order valence-corrected chi connectivity index (χ3v) is 3.61. The highest BCUT2D eigenvalue weighted by Crippen LogP contribution is 2.36. The molecular weight excluding hydrogens is 380 g/mol. The maximum absolute atomic E-state index is 13.0. The summed E-state index contributed by atoms with van der Waals surface area (Å²) < 4.78 is 77.7. The predicted molar refractivity (Wildman–Crippen MR) is 81.6 cm³/mol. The number of aliphatic hydroxyl groups excluding tert-OH is 1. The second-order valence-corrected chi connectivity index (χ2v) is 5.74. The molecule has 1 aromatic heterocycles. The average Bonchev–Trinajstić information content (AvgIpc) is 2.97. The molecule has 5 nitrogen and oxygen atoms in total. The molecule has 1 aromatic carbocycles. The number of aromatic nitrogens is 2. The van der Waals surface area contributed by atoms with E-state index >= 15 is 0 Å². The molecule has 27 heavy (non-hydrogen) atoms. The van der Waals surface area contributed by atoms with Crippen molar-refractivity contribution in [3.05, 3.63) is 52.6 Å². The van der Waals surface area contributed by atoms with Gasteiger partial charge in [-0.3, -0.25) is 4.79 Å². The fraction of sp³-hybridized carbons (Fsp3) is 0.375. The number of hydrogen-bond acceptors (Lipinski definition) is 3. The van der Waals surface area contributed by atoms with Gasteiger partial charge in [-0.25, -0.2) is 4.98 Å². The van der Waals surface area contributed by atoms with Crippen molar-refractivity contribution in [1.29, 1.82) is 0 Å². The highest BCUT2D eigenvalue weighted by molar-refractivity contribution is 5.94. The Hall–Kier alpha value is -2.56. The van der Waals surface area contributed by atoms with Crippen molar-refractivity contribution in [2.24, 2.45) is 0 Å². The number of alkyl halides is 6. The van der Waals surface area contributed by atoms with Gasteiger partial charge in [-0.2, -0.15) is 26.3 Å². The van der Waals surface area contributed by atoms with Gasteiger partial charge in [-0.05, 0) is 25.1 Å². The average molecular weight is 395 g/mol. The van der Waals surface area contributed by atoms with Crippen LogP contribution >= 0.6 is 0 Å². The van der Waals surface area contributed by atoms with Crippen molar-refractivity contribution < 1.29 is 36.2 Å². The van der Waals surface area contributed by atoms with Crippen molar-refractivity contribution in [2.45, 2.75) is 25.8 Å². The third-order valence-electron chi connectivity index (χ3n) is 3.61. The van der Waals surface area contributed by atoms with Crippen molar-refractivity contribution in [1.82, 2.24) is 14.9 Å². The van der Waals surface area contributed by atoms with Gasteiger partial charge in [0.05, 0.1) is 36.2 Å². The number of nitrogens with one attached hydrogen (secondary N) is 1. The monoisotopic (exact) mass is 395 g/mol. The lowest BCUT2D eigenvalue weighted by Gasteiger charge is -2.22. The summed E-state index contributed by atoms with van der Waals surface area (Å²) in [7, 11) is 0. The van der Waals surface area contributed by atoms with Crippen LogP contribution in [0.2, 0.25) is 0 Å². The minimum absolute atomic E-state index is 0.0502. The lowest BCUT2D eigenvalue weighted by atomic mass is 10.0. The van der Waals surface area contributed by atoms with E-state index in [2.05, 4.69) is 9.97 Å². The lowest BCUT2D eigenvalue weighted by Crippen LogP contribution is -2.33. The molecule has 0 saturated carbocycles. The fourth-order valence-electron chi connectivity index (χ4n) is 2.39. The van der Waals surface area contributed by atoms with E-state index in [1.807, 2.05) is 0 Å². The Kier molecular flexibility index (Phi) is 5.83. The maximum Gasteiger partial charge on any atom is 0.416 e. The number of benzene rings is 1. The van der Waals surface area contributed by atoms with Gasteiger partial charge in [0, 0.05) is 12.1 Å². The molecule has 11 heteroatoms. The zero-order valence-electron chi connectivity index (χ0n) is 13.9. The molecule has 2 aromatic rings. The summed E-state index contributed by atoms with van der Waals surface area (Å²) in [4.78, 5) is 20.2. The lowest BCUT2D eigenvalue weighted by molar-refractivity contribution is -0.143. The van der Waals surface area contributed by atoms with Crippen LogP contribution < -0.4 is 0 Å². The number of hydrogen-bond donors (Lipinski definition) is 2. The number of aromatic amines is 1. The molecule has 0 aliphatic rings. The number of rotatable bonds is 5. The number of aryl methyl sites for hydroxylation is 1. The smallest absolute Gasteiger partial charge is 0.395 e. The number of carbonyl (C=O) groups excluding carboxylic acids is 1. The minimum Gasteiger partial charge on any atom is -0.395 e. The summed E-state index contributed by atoms with van der Waals surface area (Å²) in [6.07, 6.45) is -8.74. The molecule has 0 aliphatic heterocycles. The van der Waals surface area contributed by atoms with E-state index in [0.717, 1.165) is 4.90 Å². The van der Waals surface area contributed by atoms with Crippen LogP contribution in [0.1, 0.15) is 33.0 Å². The Balaban J connectivity index is 2.44. The third kappa shape index (κ3) is 5.22. The Morgan fingerprint density at radius 1 is 1.11 bits per heavy atom. The molecule has 0 atom stereocenters. The summed E-state index contributed by atoms with van der Waals surface area (Å²) in [6.45, 7) is 0.653. The Morgan fingerprint density at radius 3 is 2.07 bits per heavy atom. The van der Waals surface area contributed by atoms with E-state index in [0.29, 0.717) is 23.7 Å². The van der Waals surface area contributed by atoms with Gasteiger partial charge >= 0.3 is 12.4 Å². The molecule has 0 radical (unpaired) electrons. The van der Waals surface area contributed by atoms with Crippen molar-refractivity contribution in [2.75, 3.05) is 13.2 Å². The molecule has 1 amide bonds. The first-order valence-electron chi connectivity index (χ1n) is 7.62. The highest BCUT2D eigenvalue weighted by Gasteiger charge is 2.38. The van der Waals surface area contributed by atoms with Gasteiger partial charge in [0.1, 0.15) is 5.82 Å². The quantitative estimate of drug-likeness (QED) is 0.763. The summed E-state index contributed by atoms with van der Waals surface area (Å²) in [6, 6.07) is 0.672. The molecule has 0 saturated heterocycles. The molecular formula is C16H15F6N3O2. The molecule has 0 spiro atoms. The first-order chi connectivity index (χ1) is 12.4. The highest BCUT2D eigenvalue weighted by atomic mass is 19.4. The fourth-order valence-corrected chi connectivity index (χ4v) is 2.39. The normalized spacial score (nSPS) is 12.3. The van der Waals surface area contributed by atoms with Crippen LogP contribution in [0.3, 0.4) is 0 Å². The van der Waals surface area contributed by atoms with Crippen molar-refractivity contribution in [3.63, 3.8) is 0 Å². The second-order valence-electron chi connectivity index (χ2n) is 5.74. The van der Waals surface area contributed by atoms with Crippen LogP contribution in [0.15, 0.2) is 24.4 Å². The van der Waals surface area contributed by atoms with Gasteiger partial charge < -0.3 is 15.0 Å². The van der Waals surface area contributed by atoms with Gasteiger partial charge in [-0.1, -0.05) is 0 Å². The second kappa shape index (κ2) is 7.59. The SMILES string of the molecule is Cc1ncc(CN(CCO)C(=O)c2cc(C(F)(F)F)cc(C(F)(F)F)c2)[nH]1. The zero-order chi connectivity index (χ0) is 20.4. The Morgan fingerprint density at radius 2 is 1.67 bits per heavy atom. The van der Waals surface area contributed by atoms with E-state index in [4.69, 9.17) is 5.11 Å². The molecule has 2 rings (SSSR count). The molecule has 0 fully saturated rings. The van der Waals surface area contributed by atoms with Crippen LogP contribution in [-0.4, -0.2) is 39.0 Å². The number of halogens is 6. The molecule has 1 heterocycles. The standard InChI is InChI=1S/C16H15F6N3O2/c1-9-23-7-13(24-9)8-25(2-3-26)14(27)10-4-11(15(17,18)19)6-12(5-10)16(20,21)22/h4-7,26H,2-3,8H2,1H3,(H,23,24). The molecule has 2 N–H and O–H groups in total. The van der Waals surface area contributed by atoms with Gasteiger partial charge in [0.25, 0.3) is 5.91 Å². The zero-order valence-corrected chi connectivity index (χ0v) is 13.9. The summed E-state index contributed by atoms with van der Waals surface area (Å²) >= 11 is 0. The molecule has 0 bridgehead atoms. The van der Waals surface area contributed by atoms with Crippen LogP contribution in [0.4, 0.5) is 26.3 Å². The number of nitrogens with zero attached hydrogens (tertiary/aromatic N) is 2. The van der Waals surface area contributed by atoms with E-state index < -0.39 is 41.6 Å². The topological polar surface area (TPSA) is 69.2 Å². The first kappa shape index (κ1) is 20.7. The van der Waals surface area contributed by atoms with E-state index in [1.165, 1.54) is 6.20 Å². The minimum atomic E-state index is -5.06. The van der Waals surface area contributed by atoms with E-state index in [9.17, 15) is 31.1 Å². The Bertz CT molecular complexity index is 781. The number of amides is 1. The summed E-state index contributed by atoms with van der Waals surface area (Å²) in [5, 5.41) is 9.10. The van der Waals surface area contributed by atoms with Gasteiger partial charge in [0.15, 0.2) is 0 Å². The molecule has 148 valence electrons. The van der Waals surface area contributed by atoms with Crippen LogP contribution in [-0.2, 0) is 18.9 Å².